The van der Waals surface area contributed by atoms with Crippen molar-refractivity contribution in [2.24, 2.45) is 0 Å². The van der Waals surface area contributed by atoms with Gasteiger partial charge in [0, 0.05) is 44.0 Å². The minimum atomic E-state index is -2.93. The number of benzene rings is 1. The van der Waals surface area contributed by atoms with Crippen molar-refractivity contribution >= 4 is 27.2 Å². The van der Waals surface area contributed by atoms with Crippen LogP contribution in [0.3, 0.4) is 0 Å². The Labute approximate surface area is 158 Å². The zero-order valence-corrected chi connectivity index (χ0v) is 15.7. The van der Waals surface area contributed by atoms with Gasteiger partial charge < -0.3 is 15.1 Å². The highest BCUT2D eigenvalue weighted by Crippen LogP contribution is 2.22. The molecule has 3 heterocycles. The SMILES string of the molecule is O=S1(=O)CCC(Nc2cc(N3CCN(c4ccc(F)cc4)CC3)ncn2)C1. The smallest absolute Gasteiger partial charge is 0.152 e. The van der Waals surface area contributed by atoms with Gasteiger partial charge >= 0.3 is 0 Å². The van der Waals surface area contributed by atoms with E-state index in [-0.39, 0.29) is 23.4 Å². The molecule has 2 saturated heterocycles. The summed E-state index contributed by atoms with van der Waals surface area (Å²) in [6.07, 6.45) is 2.12. The normalized spacial score (nSPS) is 22.0. The van der Waals surface area contributed by atoms with Crippen molar-refractivity contribution < 1.29 is 12.8 Å². The molecule has 2 aliphatic heterocycles. The van der Waals surface area contributed by atoms with Gasteiger partial charge in [-0.1, -0.05) is 0 Å². The third-order valence-corrected chi connectivity index (χ3v) is 6.80. The fourth-order valence-electron chi connectivity index (χ4n) is 3.56. The second-order valence-electron chi connectivity index (χ2n) is 6.96. The number of aromatic nitrogens is 2. The van der Waals surface area contributed by atoms with E-state index < -0.39 is 9.84 Å². The van der Waals surface area contributed by atoms with Crippen LogP contribution in [0.15, 0.2) is 36.7 Å². The van der Waals surface area contributed by atoms with Gasteiger partial charge in [0.2, 0.25) is 0 Å². The molecule has 2 fully saturated rings. The molecule has 1 unspecified atom stereocenters. The molecule has 2 aromatic rings. The lowest BCUT2D eigenvalue weighted by atomic mass is 10.2. The molecule has 1 aromatic heterocycles. The minimum Gasteiger partial charge on any atom is -0.368 e. The molecule has 7 nitrogen and oxygen atoms in total. The van der Waals surface area contributed by atoms with Crippen LogP contribution in [0, 0.1) is 5.82 Å². The molecule has 1 N–H and O–H groups in total. The van der Waals surface area contributed by atoms with E-state index in [1.807, 2.05) is 6.07 Å². The van der Waals surface area contributed by atoms with E-state index in [1.54, 1.807) is 12.1 Å². The number of hydrogen-bond acceptors (Lipinski definition) is 7. The summed E-state index contributed by atoms with van der Waals surface area (Å²) in [5.74, 6) is 1.64. The number of rotatable bonds is 4. The van der Waals surface area contributed by atoms with E-state index in [4.69, 9.17) is 0 Å². The third kappa shape index (κ3) is 4.29. The molecular weight excluding hydrogens is 369 g/mol. The monoisotopic (exact) mass is 391 g/mol. The minimum absolute atomic E-state index is 0.0897. The van der Waals surface area contributed by atoms with Gasteiger partial charge in [-0.15, -0.1) is 0 Å². The molecular formula is C18H22FN5O2S. The van der Waals surface area contributed by atoms with Crippen LogP contribution in [-0.2, 0) is 9.84 Å². The molecule has 0 saturated carbocycles. The van der Waals surface area contributed by atoms with Gasteiger partial charge in [-0.25, -0.2) is 22.8 Å². The Kier molecular flexibility index (Phi) is 4.86. The van der Waals surface area contributed by atoms with Gasteiger partial charge in [0.15, 0.2) is 9.84 Å². The second-order valence-corrected chi connectivity index (χ2v) is 9.18. The fourth-order valence-corrected chi connectivity index (χ4v) is 5.24. The predicted molar refractivity (Wildman–Crippen MR) is 104 cm³/mol. The first-order chi connectivity index (χ1) is 13.0. The van der Waals surface area contributed by atoms with Crippen LogP contribution in [0.2, 0.25) is 0 Å². The average molecular weight is 391 g/mol. The maximum Gasteiger partial charge on any atom is 0.152 e. The van der Waals surface area contributed by atoms with E-state index in [9.17, 15) is 12.8 Å². The zero-order chi connectivity index (χ0) is 18.9. The van der Waals surface area contributed by atoms with Gasteiger partial charge in [0.05, 0.1) is 11.5 Å². The summed E-state index contributed by atoms with van der Waals surface area (Å²) in [7, 11) is -2.93. The number of hydrogen-bond donors (Lipinski definition) is 1. The second kappa shape index (κ2) is 7.30. The predicted octanol–water partition coefficient (Wildman–Crippen LogP) is 1.54. The summed E-state index contributed by atoms with van der Waals surface area (Å²) in [6, 6.07) is 8.34. The molecule has 0 aliphatic carbocycles. The number of piperazine rings is 1. The lowest BCUT2D eigenvalue weighted by molar-refractivity contribution is 0.602. The highest BCUT2D eigenvalue weighted by Gasteiger charge is 2.28. The third-order valence-electron chi connectivity index (χ3n) is 5.03. The van der Waals surface area contributed by atoms with Crippen molar-refractivity contribution in [3.05, 3.63) is 42.5 Å². The van der Waals surface area contributed by atoms with Crippen LogP contribution < -0.4 is 15.1 Å². The number of halogens is 1. The largest absolute Gasteiger partial charge is 0.368 e. The van der Waals surface area contributed by atoms with Crippen LogP contribution in [0.5, 0.6) is 0 Å². The lowest BCUT2D eigenvalue weighted by Crippen LogP contribution is -2.46. The molecule has 4 rings (SSSR count). The van der Waals surface area contributed by atoms with Crippen LogP contribution >= 0.6 is 0 Å². The highest BCUT2D eigenvalue weighted by atomic mass is 32.2. The van der Waals surface area contributed by atoms with E-state index in [1.165, 1.54) is 18.5 Å². The van der Waals surface area contributed by atoms with E-state index in [0.29, 0.717) is 12.2 Å². The van der Waals surface area contributed by atoms with Crippen LogP contribution in [0.4, 0.5) is 21.7 Å². The number of sulfone groups is 1. The first kappa shape index (κ1) is 18.0. The standard InChI is InChI=1S/C18H22FN5O2S/c19-14-1-3-16(4-2-14)23-6-8-24(9-7-23)18-11-17(20-13-21-18)22-15-5-10-27(25,26)12-15/h1-4,11,13,15H,5-10,12H2,(H,20,21,22). The Morgan fingerprint density at radius 3 is 2.41 bits per heavy atom. The average Bonchev–Trinajstić information content (AvgIpc) is 3.01. The van der Waals surface area contributed by atoms with Crippen LogP contribution in [-0.4, -0.2) is 62.1 Å². The molecule has 27 heavy (non-hydrogen) atoms. The summed E-state index contributed by atoms with van der Waals surface area (Å²) >= 11 is 0. The highest BCUT2D eigenvalue weighted by molar-refractivity contribution is 7.91. The molecule has 0 spiro atoms. The Hall–Kier alpha value is -2.42. The molecule has 144 valence electrons. The summed E-state index contributed by atoms with van der Waals surface area (Å²) in [5, 5.41) is 3.21. The Morgan fingerprint density at radius 2 is 1.74 bits per heavy atom. The topological polar surface area (TPSA) is 78.4 Å². The maximum absolute atomic E-state index is 13.1. The fraction of sp³-hybridized carbons (Fsp3) is 0.444. The molecule has 1 atom stereocenters. The molecule has 9 heteroatoms. The molecule has 0 radical (unpaired) electrons. The van der Waals surface area contributed by atoms with Gasteiger partial charge in [0.25, 0.3) is 0 Å². The first-order valence-electron chi connectivity index (χ1n) is 9.03. The summed E-state index contributed by atoms with van der Waals surface area (Å²) < 4.78 is 36.3. The number of nitrogens with one attached hydrogen (secondary N) is 1. The van der Waals surface area contributed by atoms with Gasteiger partial charge in [-0.05, 0) is 30.7 Å². The lowest BCUT2D eigenvalue weighted by Gasteiger charge is -2.36. The van der Waals surface area contributed by atoms with Crippen LogP contribution in [0.25, 0.3) is 0 Å². The van der Waals surface area contributed by atoms with Crippen molar-refractivity contribution in [3.8, 4) is 0 Å². The van der Waals surface area contributed by atoms with Crippen molar-refractivity contribution in [2.75, 3.05) is 52.8 Å². The summed E-state index contributed by atoms with van der Waals surface area (Å²) in [6.45, 7) is 3.23. The molecule has 0 bridgehead atoms. The van der Waals surface area contributed by atoms with Crippen LogP contribution in [0.1, 0.15) is 6.42 Å². The Balaban J connectivity index is 1.38. The number of nitrogens with zero attached hydrogens (tertiary/aromatic N) is 4. The Morgan fingerprint density at radius 1 is 1.04 bits per heavy atom. The van der Waals surface area contributed by atoms with Crippen molar-refractivity contribution in [2.45, 2.75) is 12.5 Å². The van der Waals surface area contributed by atoms with Crippen molar-refractivity contribution in [3.63, 3.8) is 0 Å². The Bertz CT molecular complexity index is 898. The molecule has 0 amide bonds. The van der Waals surface area contributed by atoms with E-state index >= 15 is 0 Å². The quantitative estimate of drug-likeness (QED) is 0.847. The van der Waals surface area contributed by atoms with Crippen molar-refractivity contribution in [1.82, 2.24) is 9.97 Å². The maximum atomic E-state index is 13.1. The summed E-state index contributed by atoms with van der Waals surface area (Å²) in [5.41, 5.74) is 1.02. The van der Waals surface area contributed by atoms with Gasteiger partial charge in [-0.2, -0.15) is 0 Å². The molecule has 2 aliphatic rings. The van der Waals surface area contributed by atoms with Crippen molar-refractivity contribution in [1.29, 1.82) is 0 Å². The molecule has 1 aromatic carbocycles. The first-order valence-corrected chi connectivity index (χ1v) is 10.9. The zero-order valence-electron chi connectivity index (χ0n) is 14.9. The van der Waals surface area contributed by atoms with Gasteiger partial charge in [-0.3, -0.25) is 0 Å². The summed E-state index contributed by atoms with van der Waals surface area (Å²) in [4.78, 5) is 13.0. The van der Waals surface area contributed by atoms with E-state index in [0.717, 1.165) is 37.7 Å². The van der Waals surface area contributed by atoms with Gasteiger partial charge in [0.1, 0.15) is 23.8 Å². The van der Waals surface area contributed by atoms with E-state index in [2.05, 4.69) is 25.1 Å². The number of anilines is 3.